The van der Waals surface area contributed by atoms with Crippen molar-refractivity contribution in [3.63, 3.8) is 0 Å². The Morgan fingerprint density at radius 3 is 2.29 bits per heavy atom. The molecule has 8 heteroatoms. The molecule has 0 unspecified atom stereocenters. The van der Waals surface area contributed by atoms with E-state index in [2.05, 4.69) is 64.0 Å². The lowest BCUT2D eigenvalue weighted by atomic mass is 9.98. The van der Waals surface area contributed by atoms with Crippen molar-refractivity contribution in [3.8, 4) is 5.88 Å². The first-order valence-corrected chi connectivity index (χ1v) is 13.3. The van der Waals surface area contributed by atoms with Gasteiger partial charge in [0.1, 0.15) is 0 Å². The van der Waals surface area contributed by atoms with Crippen molar-refractivity contribution in [2.24, 2.45) is 4.99 Å². The summed E-state index contributed by atoms with van der Waals surface area (Å²) in [6, 6.07) is 21.7. The number of hydrogen-bond donors (Lipinski definition) is 3. The molecule has 0 saturated heterocycles. The van der Waals surface area contributed by atoms with Crippen LogP contribution in [0, 0.1) is 0 Å². The Balaban J connectivity index is 1.69. The van der Waals surface area contributed by atoms with Crippen LogP contribution in [0.1, 0.15) is 28.7 Å². The second-order valence-corrected chi connectivity index (χ2v) is 10.7. The molecule has 0 aliphatic rings. The lowest BCUT2D eigenvalue weighted by Crippen LogP contribution is -2.28. The number of aryl methyl sites for hydroxylation is 1. The standard InChI is InChI=1S/C30H33BrN4O3/c1-34(2)16-17-35(3)19-21-6-12-24(13-7-21)32-29(22-9-4-20(5-10-22)8-15-27(36)37)28-25-14-11-23(31)18-26(25)33-30(28)38/h4-7,9-14,18,33,38H,8,15-17,19H2,1-3H3,(H,36,37). The molecule has 198 valence electrons. The average molecular weight is 578 g/mol. The number of carbonyl (C=O) groups is 1. The SMILES string of the molecule is CN(C)CCN(C)Cc1ccc(N=C(c2ccc(CCC(=O)O)cc2)c2c(O)[nH]c3cc(Br)ccc23)cc1. The molecule has 3 N–H and O–H groups in total. The van der Waals surface area contributed by atoms with Gasteiger partial charge in [0.05, 0.1) is 22.5 Å². The minimum atomic E-state index is -0.821. The highest BCUT2D eigenvalue weighted by atomic mass is 79.9. The van der Waals surface area contributed by atoms with Crippen molar-refractivity contribution < 1.29 is 15.0 Å². The molecule has 3 aromatic carbocycles. The molecule has 0 aliphatic carbocycles. The predicted molar refractivity (Wildman–Crippen MR) is 157 cm³/mol. The highest BCUT2D eigenvalue weighted by Gasteiger charge is 2.19. The Kier molecular flexibility index (Phi) is 8.99. The van der Waals surface area contributed by atoms with E-state index >= 15 is 0 Å². The number of rotatable bonds is 11. The summed E-state index contributed by atoms with van der Waals surface area (Å²) in [6.45, 7) is 2.83. The fourth-order valence-corrected chi connectivity index (χ4v) is 4.67. The zero-order valence-electron chi connectivity index (χ0n) is 21.9. The van der Waals surface area contributed by atoms with E-state index in [-0.39, 0.29) is 12.3 Å². The van der Waals surface area contributed by atoms with Crippen LogP contribution in [0.2, 0.25) is 0 Å². The third-order valence-corrected chi connectivity index (χ3v) is 6.88. The molecule has 0 fully saturated rings. The van der Waals surface area contributed by atoms with E-state index in [1.807, 2.05) is 54.6 Å². The quantitative estimate of drug-likeness (QED) is 0.196. The number of aromatic hydroxyl groups is 1. The summed E-state index contributed by atoms with van der Waals surface area (Å²) >= 11 is 3.50. The number of H-pyrrole nitrogens is 1. The summed E-state index contributed by atoms with van der Waals surface area (Å²) in [5, 5.41) is 20.8. The van der Waals surface area contributed by atoms with Crippen molar-refractivity contribution in [1.82, 2.24) is 14.8 Å². The molecule has 0 saturated carbocycles. The number of aromatic amines is 1. The van der Waals surface area contributed by atoms with E-state index in [1.165, 1.54) is 5.56 Å². The van der Waals surface area contributed by atoms with Gasteiger partial charge in [0.2, 0.25) is 0 Å². The van der Waals surface area contributed by atoms with Gasteiger partial charge < -0.3 is 25.0 Å². The maximum atomic E-state index is 11.0. The molecule has 0 radical (unpaired) electrons. The van der Waals surface area contributed by atoms with Crippen molar-refractivity contribution in [2.75, 3.05) is 34.2 Å². The van der Waals surface area contributed by atoms with Crippen LogP contribution < -0.4 is 0 Å². The van der Waals surface area contributed by atoms with Crippen LogP contribution >= 0.6 is 15.9 Å². The number of fused-ring (bicyclic) bond motifs is 1. The Bertz CT molecular complexity index is 1430. The van der Waals surface area contributed by atoms with Gasteiger partial charge >= 0.3 is 5.97 Å². The van der Waals surface area contributed by atoms with Gasteiger partial charge in [-0.3, -0.25) is 4.79 Å². The van der Waals surface area contributed by atoms with Crippen LogP contribution in [0.4, 0.5) is 5.69 Å². The minimum absolute atomic E-state index is 0.0472. The maximum absolute atomic E-state index is 11.0. The van der Waals surface area contributed by atoms with Crippen molar-refractivity contribution in [2.45, 2.75) is 19.4 Å². The molecule has 0 atom stereocenters. The summed E-state index contributed by atoms with van der Waals surface area (Å²) in [6.07, 6.45) is 0.536. The molecular weight excluding hydrogens is 544 g/mol. The third kappa shape index (κ3) is 7.10. The van der Waals surface area contributed by atoms with Gasteiger partial charge in [-0.1, -0.05) is 58.4 Å². The van der Waals surface area contributed by atoms with Gasteiger partial charge in [-0.25, -0.2) is 4.99 Å². The molecule has 0 amide bonds. The first kappa shape index (κ1) is 27.6. The normalized spacial score (nSPS) is 12.1. The summed E-state index contributed by atoms with van der Waals surface area (Å²) in [5.74, 6) is -0.774. The second kappa shape index (κ2) is 12.4. The van der Waals surface area contributed by atoms with Gasteiger partial charge in [-0.05, 0) is 63.0 Å². The van der Waals surface area contributed by atoms with Gasteiger partial charge in [-0.2, -0.15) is 0 Å². The molecule has 0 aliphatic heterocycles. The number of benzene rings is 3. The van der Waals surface area contributed by atoms with Gasteiger partial charge in [0, 0.05) is 41.5 Å². The zero-order chi connectivity index (χ0) is 27.2. The lowest BCUT2D eigenvalue weighted by Gasteiger charge is -2.19. The predicted octanol–water partition coefficient (Wildman–Crippen LogP) is 5.82. The summed E-state index contributed by atoms with van der Waals surface area (Å²) in [7, 11) is 6.27. The van der Waals surface area contributed by atoms with E-state index < -0.39 is 5.97 Å². The Labute approximate surface area is 231 Å². The zero-order valence-corrected chi connectivity index (χ0v) is 23.5. The van der Waals surface area contributed by atoms with E-state index in [4.69, 9.17) is 10.1 Å². The smallest absolute Gasteiger partial charge is 0.303 e. The van der Waals surface area contributed by atoms with Crippen LogP contribution in [0.3, 0.4) is 0 Å². The maximum Gasteiger partial charge on any atom is 0.303 e. The Morgan fingerprint density at radius 1 is 0.947 bits per heavy atom. The molecule has 4 rings (SSSR count). The number of aliphatic carboxylic acids is 1. The Hall–Kier alpha value is -3.46. The number of aliphatic imine (C=N–C) groups is 1. The fraction of sp³-hybridized carbons (Fsp3) is 0.267. The van der Waals surface area contributed by atoms with Crippen LogP contribution in [-0.4, -0.2) is 70.9 Å². The topological polar surface area (TPSA) is 92.2 Å². The molecule has 0 bridgehead atoms. The van der Waals surface area contributed by atoms with Gasteiger partial charge in [-0.15, -0.1) is 0 Å². The van der Waals surface area contributed by atoms with Crippen molar-refractivity contribution in [3.05, 3.63) is 93.5 Å². The molecule has 4 aromatic rings. The van der Waals surface area contributed by atoms with Crippen LogP contribution in [-0.2, 0) is 17.8 Å². The Morgan fingerprint density at radius 2 is 1.63 bits per heavy atom. The minimum Gasteiger partial charge on any atom is -0.494 e. The van der Waals surface area contributed by atoms with E-state index in [0.717, 1.165) is 51.8 Å². The number of aromatic nitrogens is 1. The first-order valence-electron chi connectivity index (χ1n) is 12.5. The summed E-state index contributed by atoms with van der Waals surface area (Å²) in [4.78, 5) is 23.5. The number of hydrogen-bond acceptors (Lipinski definition) is 5. The molecular formula is C30H33BrN4O3. The number of nitrogens with one attached hydrogen (secondary N) is 1. The monoisotopic (exact) mass is 576 g/mol. The highest BCUT2D eigenvalue weighted by molar-refractivity contribution is 9.10. The fourth-order valence-electron chi connectivity index (χ4n) is 4.31. The van der Waals surface area contributed by atoms with Crippen LogP contribution in [0.25, 0.3) is 10.9 Å². The number of halogens is 1. The number of carboxylic acid groups (broad SMARTS) is 1. The number of likely N-dealkylation sites (N-methyl/N-ethyl adjacent to an activating group) is 2. The third-order valence-electron chi connectivity index (χ3n) is 6.39. The number of nitrogens with zero attached hydrogens (tertiary/aromatic N) is 3. The average Bonchev–Trinajstić information content (AvgIpc) is 3.20. The second-order valence-electron chi connectivity index (χ2n) is 9.80. The lowest BCUT2D eigenvalue weighted by molar-refractivity contribution is -0.136. The largest absolute Gasteiger partial charge is 0.494 e. The summed E-state index contributed by atoms with van der Waals surface area (Å²) < 4.78 is 0.908. The van der Waals surface area contributed by atoms with E-state index in [9.17, 15) is 9.90 Å². The molecule has 38 heavy (non-hydrogen) atoms. The molecule has 0 spiro atoms. The van der Waals surface area contributed by atoms with Crippen LogP contribution in [0.5, 0.6) is 5.88 Å². The molecule has 1 aromatic heterocycles. The summed E-state index contributed by atoms with van der Waals surface area (Å²) in [5.41, 5.74) is 5.81. The number of carboxylic acids is 1. The van der Waals surface area contributed by atoms with Crippen molar-refractivity contribution >= 4 is 44.2 Å². The first-order chi connectivity index (χ1) is 18.2. The van der Waals surface area contributed by atoms with Crippen molar-refractivity contribution in [1.29, 1.82) is 0 Å². The molecule has 1 heterocycles. The van der Waals surface area contributed by atoms with Gasteiger partial charge in [0.15, 0.2) is 5.88 Å². The van der Waals surface area contributed by atoms with Gasteiger partial charge in [0.25, 0.3) is 0 Å². The van der Waals surface area contributed by atoms with E-state index in [1.54, 1.807) is 0 Å². The molecule has 7 nitrogen and oxygen atoms in total. The van der Waals surface area contributed by atoms with Crippen LogP contribution in [0.15, 0.2) is 76.2 Å². The van der Waals surface area contributed by atoms with E-state index in [0.29, 0.717) is 17.7 Å². The highest BCUT2D eigenvalue weighted by Crippen LogP contribution is 2.33.